The van der Waals surface area contributed by atoms with E-state index < -0.39 is 5.97 Å². The van der Waals surface area contributed by atoms with Gasteiger partial charge in [0.25, 0.3) is 0 Å². The molecule has 0 spiro atoms. The molecule has 142 valence electrons. The van der Waals surface area contributed by atoms with E-state index in [1.807, 2.05) is 0 Å². The van der Waals surface area contributed by atoms with Gasteiger partial charge in [-0.1, -0.05) is 40.2 Å². The quantitative estimate of drug-likeness (QED) is 0.507. The van der Waals surface area contributed by atoms with E-state index in [9.17, 15) is 4.79 Å². The Morgan fingerprint density at radius 3 is 2.12 bits per heavy atom. The third-order valence-electron chi connectivity index (χ3n) is 6.53. The number of aliphatic carboxylic acids is 1. The van der Waals surface area contributed by atoms with Crippen molar-refractivity contribution in [2.45, 2.75) is 70.1 Å². The monoisotopic (exact) mass is 418 g/mol. The summed E-state index contributed by atoms with van der Waals surface area (Å²) in [5.74, 6) is 2.59. The van der Waals surface area contributed by atoms with Crippen LogP contribution in [0.3, 0.4) is 0 Å². The summed E-state index contributed by atoms with van der Waals surface area (Å²) in [5, 5.41) is 8.70. The molecule has 2 nitrogen and oxygen atoms in total. The first-order chi connectivity index (χ1) is 12.6. The van der Waals surface area contributed by atoms with Crippen molar-refractivity contribution in [3.63, 3.8) is 0 Å². The molecule has 0 aliphatic heterocycles. The van der Waals surface area contributed by atoms with Crippen LogP contribution in [-0.4, -0.2) is 11.1 Å². The minimum atomic E-state index is -0.697. The van der Waals surface area contributed by atoms with Crippen LogP contribution in [0.2, 0.25) is 0 Å². The lowest BCUT2D eigenvalue weighted by molar-refractivity contribution is -0.136. The third-order valence-corrected chi connectivity index (χ3v) is 7.06. The molecule has 0 amide bonds. The summed E-state index contributed by atoms with van der Waals surface area (Å²) in [6, 6.07) is 8.92. The summed E-state index contributed by atoms with van der Waals surface area (Å²) in [6.45, 7) is 0. The Labute approximate surface area is 166 Å². The van der Waals surface area contributed by atoms with Gasteiger partial charge in [-0.2, -0.15) is 0 Å². The largest absolute Gasteiger partial charge is 0.481 e. The molecule has 0 saturated heterocycles. The predicted molar refractivity (Wildman–Crippen MR) is 110 cm³/mol. The number of carboxylic acid groups (broad SMARTS) is 1. The number of rotatable bonds is 6. The SMILES string of the molecule is O=C(O)CCC=C[C@H]1CC[C@H]([C@H]2CC[C@H](c3ccc(Br)cc3)CC2)CC1. The van der Waals surface area contributed by atoms with Crippen molar-refractivity contribution in [1.82, 2.24) is 0 Å². The molecule has 2 aliphatic carbocycles. The maximum Gasteiger partial charge on any atom is 0.303 e. The van der Waals surface area contributed by atoms with Crippen molar-refractivity contribution in [3.8, 4) is 0 Å². The van der Waals surface area contributed by atoms with Crippen molar-refractivity contribution < 1.29 is 9.90 Å². The Balaban J connectivity index is 1.39. The van der Waals surface area contributed by atoms with E-state index in [1.54, 1.807) is 0 Å². The molecule has 0 unspecified atom stereocenters. The van der Waals surface area contributed by atoms with Crippen LogP contribution < -0.4 is 0 Å². The van der Waals surface area contributed by atoms with Crippen LogP contribution in [0.15, 0.2) is 40.9 Å². The summed E-state index contributed by atoms with van der Waals surface area (Å²) in [5.41, 5.74) is 1.52. The third kappa shape index (κ3) is 5.70. The number of carbonyl (C=O) groups is 1. The van der Waals surface area contributed by atoms with Gasteiger partial charge in [-0.3, -0.25) is 4.79 Å². The van der Waals surface area contributed by atoms with Crippen molar-refractivity contribution >= 4 is 21.9 Å². The Hall–Kier alpha value is -1.09. The van der Waals surface area contributed by atoms with E-state index >= 15 is 0 Å². The molecule has 1 aromatic carbocycles. The summed E-state index contributed by atoms with van der Waals surface area (Å²) >= 11 is 3.53. The number of benzene rings is 1. The van der Waals surface area contributed by atoms with Gasteiger partial charge in [0.05, 0.1) is 0 Å². The van der Waals surface area contributed by atoms with Gasteiger partial charge >= 0.3 is 5.97 Å². The predicted octanol–water partition coefficient (Wildman–Crippen LogP) is 6.95. The van der Waals surface area contributed by atoms with Crippen LogP contribution in [0.4, 0.5) is 0 Å². The molecular formula is C23H31BrO2. The van der Waals surface area contributed by atoms with Crippen molar-refractivity contribution in [2.24, 2.45) is 17.8 Å². The number of carboxylic acids is 1. The van der Waals surface area contributed by atoms with Gasteiger partial charge in [0.2, 0.25) is 0 Å². The molecule has 2 saturated carbocycles. The number of hydrogen-bond acceptors (Lipinski definition) is 1. The van der Waals surface area contributed by atoms with Crippen LogP contribution in [0, 0.1) is 17.8 Å². The van der Waals surface area contributed by atoms with Crippen molar-refractivity contribution in [2.75, 3.05) is 0 Å². The summed E-state index contributed by atoms with van der Waals surface area (Å²) in [6.07, 6.45) is 16.1. The average Bonchev–Trinajstić information content (AvgIpc) is 2.66. The highest BCUT2D eigenvalue weighted by molar-refractivity contribution is 9.10. The second-order valence-electron chi connectivity index (χ2n) is 8.20. The van der Waals surface area contributed by atoms with E-state index in [0.29, 0.717) is 12.3 Å². The highest BCUT2D eigenvalue weighted by Crippen LogP contribution is 2.44. The first-order valence-corrected chi connectivity index (χ1v) is 11.0. The summed E-state index contributed by atoms with van der Waals surface area (Å²) < 4.78 is 1.17. The lowest BCUT2D eigenvalue weighted by Gasteiger charge is -2.37. The molecule has 0 aromatic heterocycles. The Bertz CT molecular complexity index is 591. The van der Waals surface area contributed by atoms with E-state index in [4.69, 9.17) is 5.11 Å². The number of allylic oxidation sites excluding steroid dienone is 2. The first kappa shape index (κ1) is 19.7. The zero-order valence-corrected chi connectivity index (χ0v) is 17.2. The van der Waals surface area contributed by atoms with E-state index in [1.165, 1.54) is 61.4 Å². The fourth-order valence-electron chi connectivity index (χ4n) is 4.96. The van der Waals surface area contributed by atoms with Crippen LogP contribution in [0.1, 0.15) is 75.7 Å². The van der Waals surface area contributed by atoms with Crippen LogP contribution in [0.5, 0.6) is 0 Å². The Morgan fingerprint density at radius 2 is 1.54 bits per heavy atom. The van der Waals surface area contributed by atoms with E-state index in [2.05, 4.69) is 52.3 Å². The van der Waals surface area contributed by atoms with E-state index in [0.717, 1.165) is 17.8 Å². The first-order valence-electron chi connectivity index (χ1n) is 10.3. The van der Waals surface area contributed by atoms with Gasteiger partial charge in [0.15, 0.2) is 0 Å². The second kappa shape index (κ2) is 9.73. The van der Waals surface area contributed by atoms with Gasteiger partial charge in [-0.15, -0.1) is 0 Å². The molecule has 0 radical (unpaired) electrons. The fraction of sp³-hybridized carbons (Fsp3) is 0.609. The van der Waals surface area contributed by atoms with Gasteiger partial charge in [-0.25, -0.2) is 0 Å². The number of halogens is 1. The molecule has 3 rings (SSSR count). The molecule has 0 bridgehead atoms. The summed E-state index contributed by atoms with van der Waals surface area (Å²) in [7, 11) is 0. The highest BCUT2D eigenvalue weighted by Gasteiger charge is 2.30. The molecule has 26 heavy (non-hydrogen) atoms. The number of hydrogen-bond donors (Lipinski definition) is 1. The molecule has 0 heterocycles. The minimum absolute atomic E-state index is 0.257. The molecule has 0 atom stereocenters. The van der Waals surface area contributed by atoms with Gasteiger partial charge in [0.1, 0.15) is 0 Å². The highest BCUT2D eigenvalue weighted by atomic mass is 79.9. The smallest absolute Gasteiger partial charge is 0.303 e. The van der Waals surface area contributed by atoms with E-state index in [-0.39, 0.29) is 6.42 Å². The minimum Gasteiger partial charge on any atom is -0.481 e. The Morgan fingerprint density at radius 1 is 0.962 bits per heavy atom. The molecule has 2 aliphatic rings. The molecule has 3 heteroatoms. The maximum absolute atomic E-state index is 10.6. The van der Waals surface area contributed by atoms with Crippen molar-refractivity contribution in [1.29, 1.82) is 0 Å². The zero-order valence-electron chi connectivity index (χ0n) is 15.6. The van der Waals surface area contributed by atoms with Gasteiger partial charge in [0, 0.05) is 10.9 Å². The van der Waals surface area contributed by atoms with Crippen molar-refractivity contribution in [3.05, 3.63) is 46.5 Å². The molecule has 1 N–H and O–H groups in total. The van der Waals surface area contributed by atoms with Gasteiger partial charge < -0.3 is 5.11 Å². The van der Waals surface area contributed by atoms with Crippen LogP contribution in [0.25, 0.3) is 0 Å². The van der Waals surface area contributed by atoms with Crippen LogP contribution >= 0.6 is 15.9 Å². The second-order valence-corrected chi connectivity index (χ2v) is 9.11. The van der Waals surface area contributed by atoms with Gasteiger partial charge in [-0.05, 0) is 99.2 Å². The summed E-state index contributed by atoms with van der Waals surface area (Å²) in [4.78, 5) is 10.6. The zero-order chi connectivity index (χ0) is 18.4. The molecular weight excluding hydrogens is 388 g/mol. The molecule has 1 aromatic rings. The maximum atomic E-state index is 10.6. The topological polar surface area (TPSA) is 37.3 Å². The lowest BCUT2D eigenvalue weighted by Crippen LogP contribution is -2.25. The average molecular weight is 419 g/mol. The Kier molecular flexibility index (Phi) is 7.36. The fourth-order valence-corrected chi connectivity index (χ4v) is 5.23. The standard InChI is InChI=1S/C23H31BrO2/c24-22-15-13-21(14-16-22)20-11-9-19(10-12-20)18-7-5-17(6-8-18)3-1-2-4-23(25)26/h1,3,13-20H,2,4-12H2,(H,25,26)/t17-,18-,19-,20-. The van der Waals surface area contributed by atoms with Crippen LogP contribution in [-0.2, 0) is 4.79 Å². The molecule has 2 fully saturated rings. The lowest BCUT2D eigenvalue weighted by atomic mass is 9.68. The normalized spacial score (nSPS) is 29.7.